The van der Waals surface area contributed by atoms with Crippen LogP contribution in [0.1, 0.15) is 111 Å². The van der Waals surface area contributed by atoms with Gasteiger partial charge in [-0.15, -0.1) is 0 Å². The Morgan fingerprint density at radius 1 is 0.880 bits per heavy atom. The molecule has 1 N–H and O–H groups in total. The van der Waals surface area contributed by atoms with Crippen molar-refractivity contribution in [3.8, 4) is 0 Å². The number of amides is 1. The summed E-state index contributed by atoms with van der Waals surface area (Å²) in [5.74, 6) is 1.10. The zero-order valence-corrected chi connectivity index (χ0v) is 17.3. The van der Waals surface area contributed by atoms with Gasteiger partial charge in [0.1, 0.15) is 0 Å². The molecule has 0 aromatic carbocycles. The Kier molecular flexibility index (Phi) is 12.2. The number of nitrogens with one attached hydrogen (secondary N) is 1. The normalized spacial score (nSPS) is 21.0. The van der Waals surface area contributed by atoms with Crippen LogP contribution in [-0.2, 0) is 9.53 Å². The van der Waals surface area contributed by atoms with E-state index >= 15 is 0 Å². The molecule has 0 unspecified atom stereocenters. The maximum Gasteiger partial charge on any atom is 0.220 e. The molecule has 0 aliphatic heterocycles. The van der Waals surface area contributed by atoms with E-state index in [1.165, 1.54) is 44.9 Å². The molecule has 0 radical (unpaired) electrons. The van der Waals surface area contributed by atoms with Crippen molar-refractivity contribution in [2.24, 2.45) is 5.92 Å². The average molecular weight is 354 g/mol. The van der Waals surface area contributed by atoms with E-state index in [0.29, 0.717) is 24.7 Å². The molecule has 1 aliphatic carbocycles. The molecular formula is C22H43NO2. The summed E-state index contributed by atoms with van der Waals surface area (Å²) in [4.78, 5) is 12.1. The van der Waals surface area contributed by atoms with Crippen molar-refractivity contribution in [1.82, 2.24) is 5.32 Å². The van der Waals surface area contributed by atoms with Crippen LogP contribution in [0.25, 0.3) is 0 Å². The molecule has 0 saturated heterocycles. The van der Waals surface area contributed by atoms with Crippen LogP contribution >= 0.6 is 0 Å². The first-order valence-electron chi connectivity index (χ1n) is 10.9. The number of hydrogen-bond donors (Lipinski definition) is 1. The largest absolute Gasteiger partial charge is 0.376 e. The third kappa shape index (κ3) is 12.4. The van der Waals surface area contributed by atoms with E-state index in [1.54, 1.807) is 0 Å². The maximum atomic E-state index is 12.1. The van der Waals surface area contributed by atoms with Crippen molar-refractivity contribution in [2.75, 3.05) is 0 Å². The lowest BCUT2D eigenvalue weighted by Gasteiger charge is -2.30. The SMILES string of the molecule is CC(C)CCCCCCCCCC(=O)NC1CCC(OC(C)C)CC1. The first kappa shape index (κ1) is 22.5. The van der Waals surface area contributed by atoms with Gasteiger partial charge in [0.2, 0.25) is 5.91 Å². The lowest BCUT2D eigenvalue weighted by atomic mass is 9.92. The summed E-state index contributed by atoms with van der Waals surface area (Å²) in [5, 5.41) is 3.23. The zero-order chi connectivity index (χ0) is 18.5. The number of unbranched alkanes of at least 4 members (excludes halogenated alkanes) is 6. The van der Waals surface area contributed by atoms with Gasteiger partial charge < -0.3 is 10.1 Å². The Labute approximate surface area is 156 Å². The van der Waals surface area contributed by atoms with Crippen LogP contribution < -0.4 is 5.32 Å². The molecule has 1 fully saturated rings. The molecule has 3 heteroatoms. The van der Waals surface area contributed by atoms with Crippen molar-refractivity contribution < 1.29 is 9.53 Å². The number of hydrogen-bond acceptors (Lipinski definition) is 2. The standard InChI is InChI=1S/C22H43NO2/c1-18(2)12-10-8-6-5-7-9-11-13-22(24)23-20-14-16-21(17-15-20)25-19(3)4/h18-21H,5-17H2,1-4H3,(H,23,24). The molecule has 25 heavy (non-hydrogen) atoms. The van der Waals surface area contributed by atoms with Crippen LogP contribution in [0.3, 0.4) is 0 Å². The summed E-state index contributed by atoms with van der Waals surface area (Å²) in [6.45, 7) is 8.80. The Morgan fingerprint density at radius 2 is 1.44 bits per heavy atom. The maximum absolute atomic E-state index is 12.1. The van der Waals surface area contributed by atoms with E-state index in [1.807, 2.05) is 0 Å². The molecule has 0 atom stereocenters. The van der Waals surface area contributed by atoms with Gasteiger partial charge in [0.25, 0.3) is 0 Å². The van der Waals surface area contributed by atoms with Gasteiger partial charge in [0.05, 0.1) is 12.2 Å². The van der Waals surface area contributed by atoms with Gasteiger partial charge in [-0.05, 0) is 51.9 Å². The Bertz CT molecular complexity index is 333. The molecule has 0 heterocycles. The number of rotatable bonds is 13. The van der Waals surface area contributed by atoms with Gasteiger partial charge in [-0.3, -0.25) is 4.79 Å². The minimum Gasteiger partial charge on any atom is -0.376 e. The molecule has 0 bridgehead atoms. The van der Waals surface area contributed by atoms with Gasteiger partial charge >= 0.3 is 0 Å². The van der Waals surface area contributed by atoms with Crippen LogP contribution in [0.5, 0.6) is 0 Å². The van der Waals surface area contributed by atoms with Gasteiger partial charge in [-0.25, -0.2) is 0 Å². The molecule has 1 rings (SSSR count). The number of carbonyl (C=O) groups is 1. The van der Waals surface area contributed by atoms with E-state index < -0.39 is 0 Å². The Hall–Kier alpha value is -0.570. The highest BCUT2D eigenvalue weighted by molar-refractivity contribution is 5.76. The average Bonchev–Trinajstić information content (AvgIpc) is 2.54. The van der Waals surface area contributed by atoms with Crippen molar-refractivity contribution in [1.29, 1.82) is 0 Å². The molecular weight excluding hydrogens is 310 g/mol. The smallest absolute Gasteiger partial charge is 0.220 e. The zero-order valence-electron chi connectivity index (χ0n) is 17.3. The van der Waals surface area contributed by atoms with Gasteiger partial charge in [-0.2, -0.15) is 0 Å². The molecule has 0 aromatic rings. The summed E-state index contributed by atoms with van der Waals surface area (Å²) in [6.07, 6.45) is 16.1. The fourth-order valence-corrected chi connectivity index (χ4v) is 3.75. The predicted octanol–water partition coefficient (Wildman–Crippen LogP) is 6.01. The van der Waals surface area contributed by atoms with Crippen molar-refractivity contribution in [3.05, 3.63) is 0 Å². The van der Waals surface area contributed by atoms with E-state index in [0.717, 1.165) is 38.0 Å². The minimum absolute atomic E-state index is 0.255. The molecule has 3 nitrogen and oxygen atoms in total. The van der Waals surface area contributed by atoms with Crippen LogP contribution in [0.2, 0.25) is 0 Å². The highest BCUT2D eigenvalue weighted by atomic mass is 16.5. The summed E-state index contributed by atoms with van der Waals surface area (Å²) >= 11 is 0. The summed E-state index contributed by atoms with van der Waals surface area (Å²) in [5.41, 5.74) is 0. The first-order valence-corrected chi connectivity index (χ1v) is 10.9. The van der Waals surface area contributed by atoms with Crippen LogP contribution in [0, 0.1) is 5.92 Å². The molecule has 1 saturated carbocycles. The second-order valence-corrected chi connectivity index (χ2v) is 8.63. The fourth-order valence-electron chi connectivity index (χ4n) is 3.75. The molecule has 0 spiro atoms. The second kappa shape index (κ2) is 13.6. The third-order valence-electron chi connectivity index (χ3n) is 5.19. The molecule has 1 amide bonds. The van der Waals surface area contributed by atoms with Gasteiger partial charge in [0, 0.05) is 12.5 Å². The van der Waals surface area contributed by atoms with Crippen molar-refractivity contribution in [2.45, 2.75) is 129 Å². The van der Waals surface area contributed by atoms with Gasteiger partial charge in [-0.1, -0.05) is 58.8 Å². The minimum atomic E-state index is 0.255. The highest BCUT2D eigenvalue weighted by Crippen LogP contribution is 2.22. The van der Waals surface area contributed by atoms with E-state index in [-0.39, 0.29) is 5.91 Å². The molecule has 148 valence electrons. The second-order valence-electron chi connectivity index (χ2n) is 8.63. The predicted molar refractivity (Wildman–Crippen MR) is 107 cm³/mol. The topological polar surface area (TPSA) is 38.3 Å². The molecule has 1 aliphatic rings. The Balaban J connectivity index is 1.93. The first-order chi connectivity index (χ1) is 12.0. The lowest BCUT2D eigenvalue weighted by molar-refractivity contribution is -0.122. The third-order valence-corrected chi connectivity index (χ3v) is 5.19. The van der Waals surface area contributed by atoms with E-state index in [9.17, 15) is 4.79 Å². The Morgan fingerprint density at radius 3 is 2.00 bits per heavy atom. The molecule has 0 aromatic heterocycles. The number of ether oxygens (including phenoxy) is 1. The van der Waals surface area contributed by atoms with Crippen LogP contribution in [0.15, 0.2) is 0 Å². The van der Waals surface area contributed by atoms with Gasteiger partial charge in [0.15, 0.2) is 0 Å². The van der Waals surface area contributed by atoms with Crippen molar-refractivity contribution >= 4 is 5.91 Å². The summed E-state index contributed by atoms with van der Waals surface area (Å²) in [6, 6.07) is 0.375. The summed E-state index contributed by atoms with van der Waals surface area (Å²) < 4.78 is 5.87. The number of carbonyl (C=O) groups excluding carboxylic acids is 1. The van der Waals surface area contributed by atoms with E-state index in [2.05, 4.69) is 33.0 Å². The lowest BCUT2D eigenvalue weighted by Crippen LogP contribution is -2.39. The summed E-state index contributed by atoms with van der Waals surface area (Å²) in [7, 11) is 0. The van der Waals surface area contributed by atoms with Crippen LogP contribution in [-0.4, -0.2) is 24.2 Å². The van der Waals surface area contributed by atoms with Crippen molar-refractivity contribution in [3.63, 3.8) is 0 Å². The quantitative estimate of drug-likeness (QED) is 0.412. The monoisotopic (exact) mass is 353 g/mol. The highest BCUT2D eigenvalue weighted by Gasteiger charge is 2.23. The fraction of sp³-hybridized carbons (Fsp3) is 0.955. The van der Waals surface area contributed by atoms with E-state index in [4.69, 9.17) is 4.74 Å². The van der Waals surface area contributed by atoms with Crippen LogP contribution in [0.4, 0.5) is 0 Å².